The molecule has 0 aromatic heterocycles. The molecule has 1 saturated carbocycles. The summed E-state index contributed by atoms with van der Waals surface area (Å²) in [5, 5.41) is 10.3. The van der Waals surface area contributed by atoms with E-state index in [1.165, 1.54) is 11.1 Å². The van der Waals surface area contributed by atoms with E-state index in [2.05, 4.69) is 65.6 Å². The maximum absolute atomic E-state index is 10.3. The van der Waals surface area contributed by atoms with Crippen LogP contribution >= 0.6 is 0 Å². The van der Waals surface area contributed by atoms with Gasteiger partial charge in [-0.1, -0.05) is 60.7 Å². The molecule has 0 bridgehead atoms. The van der Waals surface area contributed by atoms with Gasteiger partial charge in [0.25, 0.3) is 0 Å². The van der Waals surface area contributed by atoms with E-state index >= 15 is 0 Å². The molecule has 2 nitrogen and oxygen atoms in total. The predicted octanol–water partition coefficient (Wildman–Crippen LogP) is 3.60. The van der Waals surface area contributed by atoms with E-state index in [9.17, 15) is 5.11 Å². The summed E-state index contributed by atoms with van der Waals surface area (Å²) in [5.74, 6) is 0. The maximum atomic E-state index is 10.3. The Balaban J connectivity index is 1.77. The number of hydrogen-bond donors (Lipinski definition) is 1. The Kier molecular flexibility index (Phi) is 4.69. The summed E-state index contributed by atoms with van der Waals surface area (Å²) in [4.78, 5) is 2.43. The van der Waals surface area contributed by atoms with Crippen molar-refractivity contribution >= 4 is 0 Å². The van der Waals surface area contributed by atoms with Gasteiger partial charge < -0.3 is 5.11 Å². The van der Waals surface area contributed by atoms with Crippen molar-refractivity contribution in [1.82, 2.24) is 4.90 Å². The monoisotopic (exact) mass is 281 g/mol. The minimum Gasteiger partial charge on any atom is -0.391 e. The molecule has 2 atom stereocenters. The lowest BCUT2D eigenvalue weighted by molar-refractivity contribution is 0.0609. The zero-order valence-corrected chi connectivity index (χ0v) is 12.4. The number of rotatable bonds is 5. The molecule has 0 amide bonds. The van der Waals surface area contributed by atoms with Gasteiger partial charge in [-0.15, -0.1) is 0 Å². The molecule has 1 aliphatic rings. The number of aliphatic hydroxyl groups is 1. The fourth-order valence-electron chi connectivity index (χ4n) is 3.27. The zero-order chi connectivity index (χ0) is 14.5. The molecule has 1 N–H and O–H groups in total. The van der Waals surface area contributed by atoms with Gasteiger partial charge in [0.2, 0.25) is 0 Å². The van der Waals surface area contributed by atoms with Crippen LogP contribution in [0.3, 0.4) is 0 Å². The number of nitrogens with zero attached hydrogens (tertiary/aromatic N) is 1. The summed E-state index contributed by atoms with van der Waals surface area (Å²) >= 11 is 0. The lowest BCUT2D eigenvalue weighted by atomic mass is 10.1. The van der Waals surface area contributed by atoms with Crippen molar-refractivity contribution in [3.63, 3.8) is 0 Å². The van der Waals surface area contributed by atoms with Crippen molar-refractivity contribution in [2.45, 2.75) is 44.5 Å². The van der Waals surface area contributed by atoms with Crippen LogP contribution in [0.25, 0.3) is 0 Å². The number of hydrogen-bond acceptors (Lipinski definition) is 2. The second-order valence-electron chi connectivity index (χ2n) is 5.94. The molecule has 21 heavy (non-hydrogen) atoms. The highest BCUT2D eigenvalue weighted by Gasteiger charge is 2.30. The highest BCUT2D eigenvalue weighted by Crippen LogP contribution is 2.27. The van der Waals surface area contributed by atoms with Crippen molar-refractivity contribution in [3.05, 3.63) is 71.8 Å². The van der Waals surface area contributed by atoms with Crippen LogP contribution in [0.1, 0.15) is 30.4 Å². The van der Waals surface area contributed by atoms with E-state index in [0.29, 0.717) is 0 Å². The predicted molar refractivity (Wildman–Crippen MR) is 85.8 cm³/mol. The molecule has 0 heterocycles. The molecule has 2 aromatic rings. The van der Waals surface area contributed by atoms with Crippen LogP contribution in [0, 0.1) is 0 Å². The lowest BCUT2D eigenvalue weighted by Gasteiger charge is -2.31. The summed E-state index contributed by atoms with van der Waals surface area (Å²) < 4.78 is 0. The van der Waals surface area contributed by atoms with Gasteiger partial charge in [0, 0.05) is 19.1 Å². The summed E-state index contributed by atoms with van der Waals surface area (Å²) in [7, 11) is 0. The fraction of sp³-hybridized carbons (Fsp3) is 0.368. The van der Waals surface area contributed by atoms with Gasteiger partial charge in [0.05, 0.1) is 6.10 Å². The van der Waals surface area contributed by atoms with Crippen LogP contribution in [0.4, 0.5) is 0 Å². The van der Waals surface area contributed by atoms with Crippen LogP contribution < -0.4 is 0 Å². The fourth-order valence-corrected chi connectivity index (χ4v) is 3.27. The second kappa shape index (κ2) is 6.88. The third kappa shape index (κ3) is 3.72. The van der Waals surface area contributed by atoms with Gasteiger partial charge in [-0.2, -0.15) is 0 Å². The van der Waals surface area contributed by atoms with Gasteiger partial charge in [0.1, 0.15) is 0 Å². The van der Waals surface area contributed by atoms with E-state index in [1.807, 2.05) is 0 Å². The molecule has 2 aromatic carbocycles. The minimum atomic E-state index is -0.183. The minimum absolute atomic E-state index is 0.183. The highest BCUT2D eigenvalue weighted by atomic mass is 16.3. The third-order valence-electron chi connectivity index (χ3n) is 4.37. The van der Waals surface area contributed by atoms with Crippen molar-refractivity contribution in [2.24, 2.45) is 0 Å². The molecule has 3 rings (SSSR count). The molecular weight excluding hydrogens is 258 g/mol. The zero-order valence-electron chi connectivity index (χ0n) is 12.4. The van der Waals surface area contributed by atoms with E-state index in [4.69, 9.17) is 0 Å². The van der Waals surface area contributed by atoms with Crippen LogP contribution in [-0.4, -0.2) is 22.2 Å². The third-order valence-corrected chi connectivity index (χ3v) is 4.37. The maximum Gasteiger partial charge on any atom is 0.0695 e. The second-order valence-corrected chi connectivity index (χ2v) is 5.94. The first kappa shape index (κ1) is 14.3. The molecule has 1 fully saturated rings. The molecule has 0 radical (unpaired) electrons. The summed E-state index contributed by atoms with van der Waals surface area (Å²) in [6.07, 6.45) is 2.98. The first-order chi connectivity index (χ1) is 10.3. The smallest absolute Gasteiger partial charge is 0.0695 e. The van der Waals surface area contributed by atoms with E-state index in [1.54, 1.807) is 0 Å². The molecule has 2 unspecified atom stereocenters. The van der Waals surface area contributed by atoms with Gasteiger partial charge in [0.15, 0.2) is 0 Å². The lowest BCUT2D eigenvalue weighted by Crippen LogP contribution is -2.39. The summed E-state index contributed by atoms with van der Waals surface area (Å²) in [6.45, 7) is 1.80. The van der Waals surface area contributed by atoms with Gasteiger partial charge in [-0.25, -0.2) is 0 Å². The molecular formula is C19H23NO. The van der Waals surface area contributed by atoms with E-state index < -0.39 is 0 Å². The van der Waals surface area contributed by atoms with Crippen molar-refractivity contribution in [3.8, 4) is 0 Å². The normalized spacial score (nSPS) is 21.8. The Bertz CT molecular complexity index is 499. The largest absolute Gasteiger partial charge is 0.391 e. The Morgan fingerprint density at radius 2 is 1.33 bits per heavy atom. The van der Waals surface area contributed by atoms with Gasteiger partial charge in [-0.05, 0) is 30.4 Å². The first-order valence-electron chi connectivity index (χ1n) is 7.83. The Hall–Kier alpha value is -1.64. The van der Waals surface area contributed by atoms with Crippen molar-refractivity contribution in [2.75, 3.05) is 0 Å². The quantitative estimate of drug-likeness (QED) is 0.905. The number of benzene rings is 2. The van der Waals surface area contributed by atoms with Gasteiger partial charge in [-0.3, -0.25) is 4.90 Å². The molecule has 0 saturated heterocycles. The van der Waals surface area contributed by atoms with Crippen LogP contribution in [0.5, 0.6) is 0 Å². The SMILES string of the molecule is OC1CCCC1N(Cc1ccccc1)Cc1ccccc1. The Morgan fingerprint density at radius 1 is 0.810 bits per heavy atom. The average Bonchev–Trinajstić information content (AvgIpc) is 2.95. The van der Waals surface area contributed by atoms with Gasteiger partial charge >= 0.3 is 0 Å². The standard InChI is InChI=1S/C19H23NO/c21-19-13-7-12-18(19)20(14-16-8-3-1-4-9-16)15-17-10-5-2-6-11-17/h1-6,8-11,18-19,21H,7,12-15H2. The van der Waals surface area contributed by atoms with E-state index in [-0.39, 0.29) is 12.1 Å². The van der Waals surface area contributed by atoms with Crippen LogP contribution in [0.15, 0.2) is 60.7 Å². The molecule has 0 aliphatic heterocycles. The average molecular weight is 281 g/mol. The molecule has 110 valence electrons. The van der Waals surface area contributed by atoms with Crippen LogP contribution in [-0.2, 0) is 13.1 Å². The number of aliphatic hydroxyl groups excluding tert-OH is 1. The molecule has 0 spiro atoms. The van der Waals surface area contributed by atoms with Crippen molar-refractivity contribution in [1.29, 1.82) is 0 Å². The van der Waals surface area contributed by atoms with Crippen LogP contribution in [0.2, 0.25) is 0 Å². The topological polar surface area (TPSA) is 23.5 Å². The Labute approximate surface area is 127 Å². The highest BCUT2D eigenvalue weighted by molar-refractivity contribution is 5.17. The molecule has 1 aliphatic carbocycles. The first-order valence-corrected chi connectivity index (χ1v) is 7.83. The molecule has 2 heteroatoms. The summed E-state index contributed by atoms with van der Waals surface area (Å²) in [5.41, 5.74) is 2.63. The summed E-state index contributed by atoms with van der Waals surface area (Å²) in [6, 6.07) is 21.4. The van der Waals surface area contributed by atoms with Crippen molar-refractivity contribution < 1.29 is 5.11 Å². The van der Waals surface area contributed by atoms with E-state index in [0.717, 1.165) is 32.4 Å². The Morgan fingerprint density at radius 3 is 1.76 bits per heavy atom.